The van der Waals surface area contributed by atoms with E-state index < -0.39 is 0 Å². The number of carbonyl (C=O) groups is 1. The molecule has 0 aliphatic rings. The minimum atomic E-state index is -0.00376. The molecule has 0 saturated carbocycles. The number of hydrogen-bond donors (Lipinski definition) is 0. The number of benzene rings is 2. The number of hydrogen-bond acceptors (Lipinski definition) is 5. The number of rotatable bonds is 9. The molecule has 0 atom stereocenters. The second kappa shape index (κ2) is 10.2. The lowest BCUT2D eigenvalue weighted by Gasteiger charge is -2.11. The Morgan fingerprint density at radius 2 is 2.06 bits per heavy atom. The molecule has 0 amide bonds. The Bertz CT molecular complexity index is 1120. The number of ether oxygens (including phenoxy) is 1. The van der Waals surface area contributed by atoms with Crippen LogP contribution < -0.4 is 4.74 Å². The largest absolute Gasteiger partial charge is 0.489 e. The van der Waals surface area contributed by atoms with Gasteiger partial charge in [0.05, 0.1) is 29.2 Å². The molecule has 0 N–H and O–H groups in total. The molecule has 0 unspecified atom stereocenters. The Morgan fingerprint density at radius 3 is 2.77 bits per heavy atom. The highest BCUT2D eigenvalue weighted by atomic mass is 35.5. The van der Waals surface area contributed by atoms with Crippen LogP contribution in [0.5, 0.6) is 5.75 Å². The van der Waals surface area contributed by atoms with Crippen LogP contribution in [-0.4, -0.2) is 26.7 Å². The number of carbonyl (C=O) groups excluding carboxylic acids is 1. The van der Waals surface area contributed by atoms with Crippen LogP contribution in [0.25, 0.3) is 11.4 Å². The Morgan fingerprint density at radius 1 is 1.26 bits per heavy atom. The third-order valence-corrected chi connectivity index (χ3v) is 5.02. The van der Waals surface area contributed by atoms with Gasteiger partial charge in [-0.25, -0.2) is 9.67 Å². The molecule has 0 radical (unpaired) electrons. The van der Waals surface area contributed by atoms with Gasteiger partial charge >= 0.3 is 0 Å². The number of halogens is 1. The van der Waals surface area contributed by atoms with Gasteiger partial charge in [-0.15, -0.1) is 0 Å². The van der Waals surface area contributed by atoms with E-state index in [4.69, 9.17) is 21.6 Å². The maximum atomic E-state index is 12.6. The summed E-state index contributed by atoms with van der Waals surface area (Å²) in [5, 5.41) is 14.1. The molecular formula is C24H25ClN4O2. The Balaban J connectivity index is 1.73. The lowest BCUT2D eigenvalue weighted by molar-refractivity contribution is -0.118. The van der Waals surface area contributed by atoms with Gasteiger partial charge in [0, 0.05) is 18.5 Å². The molecule has 0 fully saturated rings. The third-order valence-electron chi connectivity index (χ3n) is 4.70. The van der Waals surface area contributed by atoms with Crippen molar-refractivity contribution in [3.63, 3.8) is 0 Å². The molecule has 0 spiro atoms. The molecule has 160 valence electrons. The van der Waals surface area contributed by atoms with Crippen molar-refractivity contribution >= 4 is 17.4 Å². The van der Waals surface area contributed by atoms with Crippen molar-refractivity contribution in [3.8, 4) is 23.2 Å². The van der Waals surface area contributed by atoms with E-state index in [1.807, 2.05) is 51.1 Å². The Labute approximate surface area is 187 Å². The summed E-state index contributed by atoms with van der Waals surface area (Å²) in [5.41, 5.74) is 2.36. The normalized spacial score (nSPS) is 10.8. The first-order chi connectivity index (χ1) is 14.9. The third kappa shape index (κ3) is 5.93. The Kier molecular flexibility index (Phi) is 7.43. The molecule has 0 aliphatic heterocycles. The van der Waals surface area contributed by atoms with E-state index in [9.17, 15) is 4.79 Å². The first-order valence-corrected chi connectivity index (χ1v) is 10.7. The van der Waals surface area contributed by atoms with Gasteiger partial charge in [-0.3, -0.25) is 4.79 Å². The van der Waals surface area contributed by atoms with Crippen LogP contribution in [-0.2, 0) is 24.2 Å². The van der Waals surface area contributed by atoms with E-state index in [-0.39, 0.29) is 18.3 Å². The van der Waals surface area contributed by atoms with Gasteiger partial charge in [0.25, 0.3) is 0 Å². The first-order valence-electron chi connectivity index (χ1n) is 10.3. The highest BCUT2D eigenvalue weighted by molar-refractivity contribution is 6.32. The van der Waals surface area contributed by atoms with E-state index in [1.54, 1.807) is 16.8 Å². The maximum Gasteiger partial charge on any atom is 0.181 e. The topological polar surface area (TPSA) is 80.8 Å². The summed E-state index contributed by atoms with van der Waals surface area (Å²) in [7, 11) is 0. The van der Waals surface area contributed by atoms with Crippen LogP contribution in [0, 0.1) is 11.3 Å². The highest BCUT2D eigenvalue weighted by Crippen LogP contribution is 2.30. The second-order valence-electron chi connectivity index (χ2n) is 7.51. The van der Waals surface area contributed by atoms with Crippen LogP contribution in [0.4, 0.5) is 0 Å². The molecule has 0 aliphatic carbocycles. The zero-order chi connectivity index (χ0) is 22.4. The smallest absolute Gasteiger partial charge is 0.181 e. The predicted octanol–water partition coefficient (Wildman–Crippen LogP) is 5.02. The van der Waals surface area contributed by atoms with E-state index in [0.717, 1.165) is 11.1 Å². The standard InChI is InChI=1S/C24H25ClN4O2/c1-4-29-23(14-20(30)10-8-17-6-5-7-18(12-17)15-26)27-24(28-29)19-9-11-21(25)22(13-19)31-16(2)3/h5-7,9,11-13,16H,4,8,10,14H2,1-3H3. The lowest BCUT2D eigenvalue weighted by atomic mass is 10.0. The SMILES string of the molecule is CCn1nc(-c2ccc(Cl)c(OC(C)C)c2)nc1CC(=O)CCc1cccc(C#N)c1. The lowest BCUT2D eigenvalue weighted by Crippen LogP contribution is -2.11. The van der Waals surface area contributed by atoms with Crippen LogP contribution in [0.2, 0.25) is 5.02 Å². The average molecular weight is 437 g/mol. The summed E-state index contributed by atoms with van der Waals surface area (Å²) in [4.78, 5) is 17.2. The predicted molar refractivity (Wildman–Crippen MR) is 120 cm³/mol. The molecule has 2 aromatic carbocycles. The maximum absolute atomic E-state index is 12.6. The molecule has 6 nitrogen and oxygen atoms in total. The van der Waals surface area contributed by atoms with E-state index in [0.29, 0.717) is 47.4 Å². The summed E-state index contributed by atoms with van der Waals surface area (Å²) in [6.45, 7) is 6.46. The fraction of sp³-hybridized carbons (Fsp3) is 0.333. The van der Waals surface area contributed by atoms with Gasteiger partial charge in [-0.2, -0.15) is 10.4 Å². The van der Waals surface area contributed by atoms with E-state index in [1.165, 1.54) is 0 Å². The monoisotopic (exact) mass is 436 g/mol. The van der Waals surface area contributed by atoms with Crippen molar-refractivity contribution in [1.29, 1.82) is 5.26 Å². The van der Waals surface area contributed by atoms with Crippen LogP contribution in [0.15, 0.2) is 42.5 Å². The molecule has 7 heteroatoms. The zero-order valence-electron chi connectivity index (χ0n) is 17.9. The quantitative estimate of drug-likeness (QED) is 0.470. The average Bonchev–Trinajstić information content (AvgIpc) is 3.16. The number of nitrogens with zero attached hydrogens (tertiary/aromatic N) is 4. The Hall–Kier alpha value is -3.17. The van der Waals surface area contributed by atoms with Crippen molar-refractivity contribution in [2.75, 3.05) is 0 Å². The van der Waals surface area contributed by atoms with Gasteiger partial charge in [0.2, 0.25) is 0 Å². The summed E-state index contributed by atoms with van der Waals surface area (Å²) >= 11 is 6.23. The van der Waals surface area contributed by atoms with Gasteiger partial charge in [-0.1, -0.05) is 23.7 Å². The minimum absolute atomic E-state index is 0.00376. The molecule has 3 aromatic rings. The summed E-state index contributed by atoms with van der Waals surface area (Å²) in [5.74, 6) is 1.83. The number of nitriles is 1. The number of aromatic nitrogens is 3. The molecule has 1 heterocycles. The molecule has 0 saturated heterocycles. The molecular weight excluding hydrogens is 412 g/mol. The second-order valence-corrected chi connectivity index (χ2v) is 7.91. The molecule has 0 bridgehead atoms. The van der Waals surface area contributed by atoms with Crippen molar-refractivity contribution in [1.82, 2.24) is 14.8 Å². The fourth-order valence-electron chi connectivity index (χ4n) is 3.21. The minimum Gasteiger partial charge on any atom is -0.489 e. The number of ketones is 1. The number of Topliss-reactive ketones (excluding diaryl/α,β-unsaturated/α-hetero) is 1. The fourth-order valence-corrected chi connectivity index (χ4v) is 3.37. The van der Waals surface area contributed by atoms with Crippen molar-refractivity contribution in [2.45, 2.75) is 52.7 Å². The molecule has 31 heavy (non-hydrogen) atoms. The van der Waals surface area contributed by atoms with E-state index >= 15 is 0 Å². The van der Waals surface area contributed by atoms with Crippen LogP contribution in [0.3, 0.4) is 0 Å². The molecule has 3 rings (SSSR count). The van der Waals surface area contributed by atoms with Crippen molar-refractivity contribution in [3.05, 3.63) is 64.4 Å². The number of aryl methyl sites for hydroxylation is 2. The van der Waals surface area contributed by atoms with Gasteiger partial charge in [-0.05, 0) is 63.1 Å². The van der Waals surface area contributed by atoms with Crippen molar-refractivity contribution in [2.24, 2.45) is 0 Å². The first kappa shape index (κ1) is 22.5. The zero-order valence-corrected chi connectivity index (χ0v) is 18.7. The summed E-state index contributed by atoms with van der Waals surface area (Å²) in [6, 6.07) is 14.9. The summed E-state index contributed by atoms with van der Waals surface area (Å²) in [6.07, 6.45) is 1.18. The van der Waals surface area contributed by atoms with Gasteiger partial charge < -0.3 is 4.74 Å². The summed E-state index contributed by atoms with van der Waals surface area (Å²) < 4.78 is 7.51. The van der Waals surface area contributed by atoms with Crippen LogP contribution >= 0.6 is 11.6 Å². The van der Waals surface area contributed by atoms with Gasteiger partial charge in [0.1, 0.15) is 17.4 Å². The van der Waals surface area contributed by atoms with Crippen LogP contribution in [0.1, 0.15) is 44.1 Å². The van der Waals surface area contributed by atoms with E-state index in [2.05, 4.69) is 16.2 Å². The van der Waals surface area contributed by atoms with Crippen molar-refractivity contribution < 1.29 is 9.53 Å². The van der Waals surface area contributed by atoms with Gasteiger partial charge in [0.15, 0.2) is 5.82 Å². The molecule has 1 aromatic heterocycles. The highest BCUT2D eigenvalue weighted by Gasteiger charge is 2.16.